The summed E-state index contributed by atoms with van der Waals surface area (Å²) in [5, 5.41) is 2.54. The molecule has 2 aliphatic rings. The molecule has 0 amide bonds. The fraction of sp³-hybridized carbons (Fsp3) is 0.0980. The molecule has 1 atom stereocenters. The third-order valence-corrected chi connectivity index (χ3v) is 11.5. The van der Waals surface area contributed by atoms with Gasteiger partial charge in [0.05, 0.1) is 16.6 Å². The molecule has 0 radical (unpaired) electrons. The Kier molecular flexibility index (Phi) is 7.16. The van der Waals surface area contributed by atoms with Crippen molar-refractivity contribution in [2.24, 2.45) is 0 Å². The SMILES string of the molecule is Cc1ccc(-c2cccc(N3c4ccccc4C4=CC(c5ccc6c(c5)c5ccccc5n6-c5cccc(-c6ccc(C)cc6)c5)=CCC43C)c2)cc1. The Hall–Kier alpha value is -6.38. The van der Waals surface area contributed by atoms with Gasteiger partial charge >= 0.3 is 0 Å². The summed E-state index contributed by atoms with van der Waals surface area (Å²) in [5.74, 6) is 0. The van der Waals surface area contributed by atoms with Crippen LogP contribution in [-0.4, -0.2) is 10.1 Å². The van der Waals surface area contributed by atoms with Gasteiger partial charge in [-0.25, -0.2) is 0 Å². The van der Waals surface area contributed by atoms with E-state index in [1.165, 1.54) is 94.5 Å². The molecule has 1 aliphatic carbocycles. The van der Waals surface area contributed by atoms with Gasteiger partial charge in [0.1, 0.15) is 0 Å². The molecule has 0 saturated heterocycles. The second kappa shape index (κ2) is 12.1. The number of para-hydroxylation sites is 2. The van der Waals surface area contributed by atoms with E-state index < -0.39 is 0 Å². The number of rotatable bonds is 5. The Balaban J connectivity index is 1.05. The minimum Gasteiger partial charge on any atom is -0.331 e. The highest BCUT2D eigenvalue weighted by Crippen LogP contribution is 2.55. The fourth-order valence-electron chi connectivity index (χ4n) is 8.73. The van der Waals surface area contributed by atoms with Gasteiger partial charge < -0.3 is 9.47 Å². The highest BCUT2D eigenvalue weighted by Gasteiger charge is 2.45. The molecule has 0 spiro atoms. The van der Waals surface area contributed by atoms with E-state index in [1.807, 2.05) is 0 Å². The molecular formula is C51H40N2. The number of anilines is 2. The van der Waals surface area contributed by atoms with Crippen molar-refractivity contribution in [1.29, 1.82) is 0 Å². The van der Waals surface area contributed by atoms with E-state index in [0.717, 1.165) is 6.42 Å². The van der Waals surface area contributed by atoms with Gasteiger partial charge in [-0.2, -0.15) is 0 Å². The number of hydrogen-bond acceptors (Lipinski definition) is 1. The third kappa shape index (κ3) is 5.09. The van der Waals surface area contributed by atoms with E-state index in [-0.39, 0.29) is 5.54 Å². The fourth-order valence-corrected chi connectivity index (χ4v) is 8.73. The van der Waals surface area contributed by atoms with Crippen molar-refractivity contribution in [2.75, 3.05) is 4.90 Å². The highest BCUT2D eigenvalue weighted by molar-refractivity contribution is 6.11. The Morgan fingerprint density at radius 3 is 1.83 bits per heavy atom. The van der Waals surface area contributed by atoms with Crippen LogP contribution in [0.3, 0.4) is 0 Å². The largest absolute Gasteiger partial charge is 0.331 e. The number of fused-ring (bicyclic) bond motifs is 6. The van der Waals surface area contributed by atoms with Crippen LogP contribution in [-0.2, 0) is 0 Å². The molecule has 2 nitrogen and oxygen atoms in total. The van der Waals surface area contributed by atoms with Gasteiger partial charge in [0.15, 0.2) is 0 Å². The maximum absolute atomic E-state index is 2.57. The average molecular weight is 681 g/mol. The molecule has 53 heavy (non-hydrogen) atoms. The van der Waals surface area contributed by atoms with Crippen molar-refractivity contribution in [3.8, 4) is 27.9 Å². The number of benzene rings is 7. The van der Waals surface area contributed by atoms with Crippen molar-refractivity contribution >= 4 is 44.3 Å². The van der Waals surface area contributed by atoms with Gasteiger partial charge in [-0.3, -0.25) is 0 Å². The van der Waals surface area contributed by atoms with Crippen LogP contribution in [0.15, 0.2) is 176 Å². The van der Waals surface area contributed by atoms with E-state index in [2.05, 4.69) is 206 Å². The lowest BCUT2D eigenvalue weighted by molar-refractivity contribution is 0.608. The lowest BCUT2D eigenvalue weighted by atomic mass is 9.79. The van der Waals surface area contributed by atoms with Crippen LogP contribution in [0.5, 0.6) is 0 Å². The normalized spacial score (nSPS) is 16.4. The van der Waals surface area contributed by atoms with E-state index in [0.29, 0.717) is 0 Å². The zero-order valence-electron chi connectivity index (χ0n) is 30.3. The first-order chi connectivity index (χ1) is 25.9. The quantitative estimate of drug-likeness (QED) is 0.176. The molecule has 1 aliphatic heterocycles. The summed E-state index contributed by atoms with van der Waals surface area (Å²) in [6.07, 6.45) is 5.82. The van der Waals surface area contributed by atoms with Crippen molar-refractivity contribution in [3.63, 3.8) is 0 Å². The van der Waals surface area contributed by atoms with Gasteiger partial charge in [-0.15, -0.1) is 0 Å². The minimum atomic E-state index is -0.207. The van der Waals surface area contributed by atoms with Gasteiger partial charge in [0.2, 0.25) is 0 Å². The molecule has 2 heterocycles. The van der Waals surface area contributed by atoms with Crippen LogP contribution in [0.2, 0.25) is 0 Å². The molecular weight excluding hydrogens is 641 g/mol. The molecule has 0 N–H and O–H groups in total. The van der Waals surface area contributed by atoms with Crippen molar-refractivity contribution in [3.05, 3.63) is 198 Å². The Bertz CT molecular complexity index is 2780. The number of hydrogen-bond donors (Lipinski definition) is 0. The lowest BCUT2D eigenvalue weighted by Gasteiger charge is -2.40. The van der Waals surface area contributed by atoms with E-state index >= 15 is 0 Å². The van der Waals surface area contributed by atoms with Crippen LogP contribution < -0.4 is 4.90 Å². The zero-order chi connectivity index (χ0) is 35.7. The standard InChI is InChI=1S/C51H40N2/c1-34-18-22-36(23-19-34)38-10-8-12-42(30-38)52-48-16-6-4-14-44(48)46-32-40(26-27-49(46)52)41-28-29-51(3)47(33-41)45-15-5-7-17-50(45)53(51)43-13-9-11-39(31-43)37-24-20-35(2)21-25-37/h4-28,30-33H,29H2,1-3H3. The molecule has 0 bridgehead atoms. The minimum absolute atomic E-state index is 0.207. The molecule has 0 fully saturated rings. The average Bonchev–Trinajstić information content (AvgIpc) is 3.67. The topological polar surface area (TPSA) is 8.17 Å². The summed E-state index contributed by atoms with van der Waals surface area (Å²) < 4.78 is 2.42. The number of nitrogens with zero attached hydrogens (tertiary/aromatic N) is 2. The van der Waals surface area contributed by atoms with E-state index in [9.17, 15) is 0 Å². The second-order valence-corrected chi connectivity index (χ2v) is 15.0. The summed E-state index contributed by atoms with van der Waals surface area (Å²) in [4.78, 5) is 2.57. The summed E-state index contributed by atoms with van der Waals surface area (Å²) in [5.41, 5.74) is 18.6. The molecule has 2 heteroatoms. The smallest absolute Gasteiger partial charge is 0.0716 e. The van der Waals surface area contributed by atoms with Crippen LogP contribution in [0.4, 0.5) is 11.4 Å². The van der Waals surface area contributed by atoms with E-state index in [1.54, 1.807) is 0 Å². The molecule has 10 rings (SSSR count). The molecule has 1 aromatic heterocycles. The van der Waals surface area contributed by atoms with Crippen molar-refractivity contribution < 1.29 is 0 Å². The first-order valence-electron chi connectivity index (χ1n) is 18.6. The summed E-state index contributed by atoms with van der Waals surface area (Å²) in [6, 6.07) is 60.4. The Morgan fingerprint density at radius 1 is 0.491 bits per heavy atom. The summed E-state index contributed by atoms with van der Waals surface area (Å²) in [6.45, 7) is 6.69. The number of allylic oxidation sites excluding steroid dienone is 2. The van der Waals surface area contributed by atoms with Crippen molar-refractivity contribution in [1.82, 2.24) is 4.57 Å². The third-order valence-electron chi connectivity index (χ3n) is 11.5. The molecule has 0 saturated carbocycles. The lowest BCUT2D eigenvalue weighted by Crippen LogP contribution is -2.40. The second-order valence-electron chi connectivity index (χ2n) is 15.0. The highest BCUT2D eigenvalue weighted by atomic mass is 15.2. The monoisotopic (exact) mass is 680 g/mol. The maximum atomic E-state index is 2.57. The molecule has 8 aromatic rings. The van der Waals surface area contributed by atoms with Crippen LogP contribution >= 0.6 is 0 Å². The maximum Gasteiger partial charge on any atom is 0.0716 e. The summed E-state index contributed by atoms with van der Waals surface area (Å²) >= 11 is 0. The molecule has 254 valence electrons. The molecule has 7 aromatic carbocycles. The van der Waals surface area contributed by atoms with Gasteiger partial charge in [0, 0.05) is 33.4 Å². The van der Waals surface area contributed by atoms with Crippen LogP contribution in [0.25, 0.3) is 60.9 Å². The summed E-state index contributed by atoms with van der Waals surface area (Å²) in [7, 11) is 0. The first kappa shape index (κ1) is 31.4. The Morgan fingerprint density at radius 2 is 1.09 bits per heavy atom. The van der Waals surface area contributed by atoms with Gasteiger partial charge in [-0.1, -0.05) is 132 Å². The Labute approximate surface area is 311 Å². The van der Waals surface area contributed by atoms with E-state index in [4.69, 9.17) is 0 Å². The number of aromatic nitrogens is 1. The van der Waals surface area contributed by atoms with Crippen LogP contribution in [0, 0.1) is 13.8 Å². The predicted octanol–water partition coefficient (Wildman–Crippen LogP) is 13.5. The number of aryl methyl sites for hydroxylation is 2. The first-order valence-corrected chi connectivity index (χ1v) is 18.6. The predicted molar refractivity (Wildman–Crippen MR) is 225 cm³/mol. The zero-order valence-corrected chi connectivity index (χ0v) is 30.3. The van der Waals surface area contributed by atoms with Crippen LogP contribution in [0.1, 0.15) is 35.6 Å². The van der Waals surface area contributed by atoms with Gasteiger partial charge in [-0.05, 0) is 121 Å². The van der Waals surface area contributed by atoms with Crippen molar-refractivity contribution in [2.45, 2.75) is 32.7 Å². The molecule has 1 unspecified atom stereocenters. The van der Waals surface area contributed by atoms with Gasteiger partial charge in [0.25, 0.3) is 0 Å².